The second-order valence-electron chi connectivity index (χ2n) is 8.40. The Labute approximate surface area is 196 Å². The van der Waals surface area contributed by atoms with E-state index in [1.165, 1.54) is 0 Å². The molecule has 3 amide bonds. The number of amides is 3. The molecule has 2 N–H and O–H groups in total. The third-order valence-electron chi connectivity index (χ3n) is 6.34. The number of ether oxygens (including phenoxy) is 1. The quantitative estimate of drug-likeness (QED) is 0.546. The van der Waals surface area contributed by atoms with Gasteiger partial charge in [0.1, 0.15) is 24.6 Å². The van der Waals surface area contributed by atoms with Crippen LogP contribution < -0.4 is 10.1 Å². The Hall–Kier alpha value is -4.14. The summed E-state index contributed by atoms with van der Waals surface area (Å²) in [7, 11) is 1.61. The molecule has 1 atom stereocenters. The van der Waals surface area contributed by atoms with Crippen molar-refractivity contribution >= 4 is 34.8 Å². The number of H-pyrrole nitrogens is 1. The van der Waals surface area contributed by atoms with Gasteiger partial charge in [-0.05, 0) is 35.7 Å². The van der Waals surface area contributed by atoms with E-state index in [1.807, 2.05) is 48.5 Å². The largest absolute Gasteiger partial charge is 0.497 e. The fourth-order valence-electron chi connectivity index (χ4n) is 4.55. The molecular weight excluding hydrogens is 434 g/mol. The number of piperazine rings is 1. The van der Waals surface area contributed by atoms with Crippen molar-refractivity contribution in [2.24, 2.45) is 5.10 Å². The third kappa shape index (κ3) is 4.12. The van der Waals surface area contributed by atoms with Crippen LogP contribution in [0.3, 0.4) is 0 Å². The molecule has 2 aromatic carbocycles. The van der Waals surface area contributed by atoms with E-state index < -0.39 is 11.9 Å². The molecule has 1 unspecified atom stereocenters. The molecule has 0 aliphatic carbocycles. The second kappa shape index (κ2) is 9.01. The zero-order valence-electron chi connectivity index (χ0n) is 18.8. The Bertz CT molecular complexity index is 1280. The number of aromatic nitrogens is 1. The van der Waals surface area contributed by atoms with Crippen molar-refractivity contribution in [3.8, 4) is 5.75 Å². The summed E-state index contributed by atoms with van der Waals surface area (Å²) in [6.45, 7) is 0.604. The van der Waals surface area contributed by atoms with Crippen molar-refractivity contribution < 1.29 is 19.1 Å². The number of para-hydroxylation sites is 1. The summed E-state index contributed by atoms with van der Waals surface area (Å²) in [4.78, 5) is 43.0. The lowest BCUT2D eigenvalue weighted by molar-refractivity contribution is -0.157. The smallest absolute Gasteiger partial charge is 0.266 e. The van der Waals surface area contributed by atoms with Crippen LogP contribution >= 0.6 is 0 Å². The van der Waals surface area contributed by atoms with Crippen molar-refractivity contribution in [2.75, 3.05) is 20.2 Å². The molecule has 9 nitrogen and oxygen atoms in total. The lowest BCUT2D eigenvalue weighted by Gasteiger charge is -2.40. The van der Waals surface area contributed by atoms with Crippen LogP contribution in [0.2, 0.25) is 0 Å². The number of methoxy groups -OCH3 is 1. The molecule has 0 bridgehead atoms. The van der Waals surface area contributed by atoms with Crippen LogP contribution in [0, 0.1) is 0 Å². The minimum atomic E-state index is -0.622. The summed E-state index contributed by atoms with van der Waals surface area (Å²) in [6, 6.07) is 14.9. The lowest BCUT2D eigenvalue weighted by Crippen LogP contribution is -2.60. The van der Waals surface area contributed by atoms with Crippen LogP contribution in [-0.2, 0) is 33.8 Å². The van der Waals surface area contributed by atoms with Gasteiger partial charge in [-0.1, -0.05) is 30.3 Å². The van der Waals surface area contributed by atoms with E-state index in [1.54, 1.807) is 12.0 Å². The highest BCUT2D eigenvalue weighted by Gasteiger charge is 2.43. The van der Waals surface area contributed by atoms with E-state index in [9.17, 15) is 14.4 Å². The summed E-state index contributed by atoms with van der Waals surface area (Å²) in [5.41, 5.74) is 4.07. The SMILES string of the molecule is COc1ccc(CCNC(=O)C=NN2CC(=O)N3Cc4[nH]c5ccccc5c4CC3C2=O)cc1. The third-order valence-corrected chi connectivity index (χ3v) is 6.34. The van der Waals surface area contributed by atoms with Crippen LogP contribution in [0.5, 0.6) is 5.75 Å². The van der Waals surface area contributed by atoms with Gasteiger partial charge in [0, 0.05) is 29.6 Å². The first-order valence-corrected chi connectivity index (χ1v) is 11.2. The van der Waals surface area contributed by atoms with Gasteiger partial charge in [-0.15, -0.1) is 0 Å². The van der Waals surface area contributed by atoms with E-state index in [-0.39, 0.29) is 18.4 Å². The second-order valence-corrected chi connectivity index (χ2v) is 8.40. The molecule has 1 fully saturated rings. The Morgan fingerprint density at radius 3 is 2.76 bits per heavy atom. The maximum absolute atomic E-state index is 13.1. The highest BCUT2D eigenvalue weighted by Crippen LogP contribution is 2.32. The topological polar surface area (TPSA) is 107 Å². The zero-order valence-corrected chi connectivity index (χ0v) is 18.8. The Balaban J connectivity index is 1.21. The van der Waals surface area contributed by atoms with Gasteiger partial charge in [-0.3, -0.25) is 14.4 Å². The highest BCUT2D eigenvalue weighted by molar-refractivity contribution is 6.26. The van der Waals surface area contributed by atoms with Gasteiger partial charge < -0.3 is 19.9 Å². The lowest BCUT2D eigenvalue weighted by atomic mass is 9.94. The molecule has 1 aromatic heterocycles. The molecular formula is C25H25N5O4. The Morgan fingerprint density at radius 2 is 1.97 bits per heavy atom. The zero-order chi connectivity index (χ0) is 23.7. The number of carbonyl (C=O) groups excluding carboxylic acids is 3. The number of hydrazone groups is 1. The van der Waals surface area contributed by atoms with E-state index in [0.717, 1.165) is 44.7 Å². The maximum Gasteiger partial charge on any atom is 0.266 e. The van der Waals surface area contributed by atoms with Crippen LogP contribution in [0.4, 0.5) is 0 Å². The Morgan fingerprint density at radius 1 is 1.18 bits per heavy atom. The number of benzene rings is 2. The average Bonchev–Trinajstić information content (AvgIpc) is 3.22. The summed E-state index contributed by atoms with van der Waals surface area (Å²) >= 11 is 0. The molecule has 2 aliphatic rings. The van der Waals surface area contributed by atoms with Crippen LogP contribution in [0.15, 0.2) is 53.6 Å². The molecule has 5 rings (SSSR count). The predicted molar refractivity (Wildman–Crippen MR) is 126 cm³/mol. The normalized spacial score (nSPS) is 17.7. The van der Waals surface area contributed by atoms with Gasteiger partial charge in [0.2, 0.25) is 5.91 Å². The summed E-state index contributed by atoms with van der Waals surface area (Å²) < 4.78 is 5.14. The van der Waals surface area contributed by atoms with Gasteiger partial charge in [0.25, 0.3) is 11.8 Å². The van der Waals surface area contributed by atoms with Gasteiger partial charge in [0.05, 0.1) is 13.7 Å². The first kappa shape index (κ1) is 21.7. The highest BCUT2D eigenvalue weighted by atomic mass is 16.5. The molecule has 0 spiro atoms. The summed E-state index contributed by atoms with van der Waals surface area (Å²) in [5.74, 6) is -0.111. The summed E-state index contributed by atoms with van der Waals surface area (Å²) in [6.07, 6.45) is 2.13. The van der Waals surface area contributed by atoms with E-state index >= 15 is 0 Å². The Kier molecular flexibility index (Phi) is 5.75. The molecule has 3 heterocycles. The molecule has 1 saturated heterocycles. The molecule has 9 heteroatoms. The number of aromatic amines is 1. The van der Waals surface area contributed by atoms with Crippen molar-refractivity contribution in [3.63, 3.8) is 0 Å². The number of nitrogens with zero attached hydrogens (tertiary/aromatic N) is 3. The van der Waals surface area contributed by atoms with E-state index in [0.29, 0.717) is 25.9 Å². The monoisotopic (exact) mass is 459 g/mol. The fraction of sp³-hybridized carbons (Fsp3) is 0.280. The van der Waals surface area contributed by atoms with Crippen LogP contribution in [-0.4, -0.2) is 65.1 Å². The van der Waals surface area contributed by atoms with Gasteiger partial charge in [-0.25, -0.2) is 5.01 Å². The van der Waals surface area contributed by atoms with E-state index in [4.69, 9.17) is 4.74 Å². The number of hydrogen-bond acceptors (Lipinski definition) is 5. The van der Waals surface area contributed by atoms with Crippen molar-refractivity contribution in [3.05, 3.63) is 65.4 Å². The van der Waals surface area contributed by atoms with E-state index in [2.05, 4.69) is 15.4 Å². The molecule has 0 radical (unpaired) electrons. The molecule has 34 heavy (non-hydrogen) atoms. The molecule has 3 aromatic rings. The number of nitrogens with one attached hydrogen (secondary N) is 2. The maximum atomic E-state index is 13.1. The van der Waals surface area contributed by atoms with Gasteiger partial charge in [-0.2, -0.15) is 5.10 Å². The number of rotatable bonds is 6. The summed E-state index contributed by atoms with van der Waals surface area (Å²) in [5, 5.41) is 8.96. The molecule has 174 valence electrons. The van der Waals surface area contributed by atoms with Gasteiger partial charge >= 0.3 is 0 Å². The first-order valence-electron chi connectivity index (χ1n) is 11.2. The van der Waals surface area contributed by atoms with Crippen molar-refractivity contribution in [1.82, 2.24) is 20.2 Å². The fourth-order valence-corrected chi connectivity index (χ4v) is 4.55. The van der Waals surface area contributed by atoms with Crippen molar-refractivity contribution in [1.29, 1.82) is 0 Å². The first-order chi connectivity index (χ1) is 16.5. The standard InChI is InChI=1S/C25H25N5O4/c1-34-17-8-6-16(7-9-17)10-11-26-23(31)13-27-30-15-24(32)29-14-21-19(12-22(29)25(30)33)18-4-2-3-5-20(18)28-21/h2-9,13,22,28H,10-12,14-15H2,1H3,(H,26,31). The number of carbonyl (C=O) groups is 3. The van der Waals surface area contributed by atoms with Gasteiger partial charge in [0.15, 0.2) is 0 Å². The number of hydrogen-bond donors (Lipinski definition) is 2. The van der Waals surface area contributed by atoms with Crippen LogP contribution in [0.25, 0.3) is 10.9 Å². The minimum Gasteiger partial charge on any atom is -0.497 e. The molecule has 2 aliphatic heterocycles. The minimum absolute atomic E-state index is 0.180. The van der Waals surface area contributed by atoms with Crippen molar-refractivity contribution in [2.45, 2.75) is 25.4 Å². The molecule has 0 saturated carbocycles. The predicted octanol–water partition coefficient (Wildman–Crippen LogP) is 1.62. The number of fused-ring (bicyclic) bond motifs is 4. The van der Waals surface area contributed by atoms with Crippen LogP contribution in [0.1, 0.15) is 16.8 Å². The average molecular weight is 460 g/mol.